The van der Waals surface area contributed by atoms with E-state index < -0.39 is 0 Å². The van der Waals surface area contributed by atoms with Crippen LogP contribution in [0.25, 0.3) is 0 Å². The fraction of sp³-hybridized carbons (Fsp3) is 0.350. The lowest BCUT2D eigenvalue weighted by atomic mass is 10.2. The summed E-state index contributed by atoms with van der Waals surface area (Å²) in [6.45, 7) is 3.98. The molecule has 3 rings (SSSR count). The van der Waals surface area contributed by atoms with Gasteiger partial charge in [0.05, 0.1) is 7.11 Å². The highest BCUT2D eigenvalue weighted by molar-refractivity contribution is 5.80. The molecule has 1 fully saturated rings. The molecule has 6 heteroatoms. The number of nitrogens with one attached hydrogen (secondary N) is 1. The van der Waals surface area contributed by atoms with Crippen molar-refractivity contribution in [3.63, 3.8) is 0 Å². The van der Waals surface area contributed by atoms with Crippen LogP contribution in [-0.2, 0) is 6.54 Å². The van der Waals surface area contributed by atoms with Crippen molar-refractivity contribution in [1.82, 2.24) is 10.2 Å². The first-order chi connectivity index (χ1) is 12.7. The standard InChI is InChI=1S/C20H25FN4O/c1-22-20(23-15-16-5-3-4-6-19(16)21)25-13-11-24(12-14-25)17-7-9-18(26-2)10-8-17/h3-10H,11-15H2,1-2H3,(H,22,23). The molecule has 0 radical (unpaired) electrons. The fourth-order valence-corrected chi connectivity index (χ4v) is 3.12. The first-order valence-corrected chi connectivity index (χ1v) is 8.79. The first-order valence-electron chi connectivity index (χ1n) is 8.79. The molecule has 1 heterocycles. The summed E-state index contributed by atoms with van der Waals surface area (Å²) in [7, 11) is 3.44. The van der Waals surface area contributed by atoms with E-state index in [1.165, 1.54) is 11.8 Å². The van der Waals surface area contributed by atoms with Crippen LogP contribution in [0.1, 0.15) is 5.56 Å². The van der Waals surface area contributed by atoms with Gasteiger partial charge < -0.3 is 19.9 Å². The summed E-state index contributed by atoms with van der Waals surface area (Å²) in [5.41, 5.74) is 1.84. The van der Waals surface area contributed by atoms with E-state index in [0.717, 1.165) is 37.9 Å². The SMILES string of the molecule is CN=C(NCc1ccccc1F)N1CCN(c2ccc(OC)cc2)CC1. The Kier molecular flexibility index (Phi) is 5.94. The van der Waals surface area contributed by atoms with Gasteiger partial charge in [0.1, 0.15) is 11.6 Å². The van der Waals surface area contributed by atoms with Gasteiger partial charge >= 0.3 is 0 Å². The predicted molar refractivity (Wildman–Crippen MR) is 103 cm³/mol. The second kappa shape index (κ2) is 8.56. The van der Waals surface area contributed by atoms with Crippen molar-refractivity contribution in [2.24, 2.45) is 4.99 Å². The molecule has 0 amide bonds. The number of aliphatic imine (C=N–C) groups is 1. The Morgan fingerprint density at radius 1 is 1.08 bits per heavy atom. The van der Waals surface area contributed by atoms with E-state index in [1.807, 2.05) is 18.2 Å². The van der Waals surface area contributed by atoms with Gasteiger partial charge in [-0.3, -0.25) is 4.99 Å². The molecule has 0 atom stereocenters. The van der Waals surface area contributed by atoms with Crippen molar-refractivity contribution in [3.8, 4) is 5.75 Å². The van der Waals surface area contributed by atoms with E-state index in [4.69, 9.17) is 4.74 Å². The number of ether oxygens (including phenoxy) is 1. The third kappa shape index (κ3) is 4.25. The summed E-state index contributed by atoms with van der Waals surface area (Å²) in [6.07, 6.45) is 0. The van der Waals surface area contributed by atoms with Crippen LogP contribution in [0.4, 0.5) is 10.1 Å². The highest BCUT2D eigenvalue weighted by atomic mass is 19.1. The Balaban J connectivity index is 1.54. The Morgan fingerprint density at radius 2 is 1.77 bits per heavy atom. The van der Waals surface area contributed by atoms with Crippen LogP contribution >= 0.6 is 0 Å². The molecule has 1 aliphatic rings. The van der Waals surface area contributed by atoms with Gasteiger partial charge in [0.2, 0.25) is 0 Å². The first kappa shape index (κ1) is 18.0. The lowest BCUT2D eigenvalue weighted by Crippen LogP contribution is -2.52. The Hall–Kier alpha value is -2.76. The summed E-state index contributed by atoms with van der Waals surface area (Å²) in [4.78, 5) is 8.91. The van der Waals surface area contributed by atoms with Crippen molar-refractivity contribution >= 4 is 11.6 Å². The minimum atomic E-state index is -0.195. The minimum absolute atomic E-state index is 0.195. The maximum absolute atomic E-state index is 13.8. The highest BCUT2D eigenvalue weighted by Crippen LogP contribution is 2.20. The van der Waals surface area contributed by atoms with E-state index >= 15 is 0 Å². The average Bonchev–Trinajstić information content (AvgIpc) is 2.70. The molecule has 0 unspecified atom stereocenters. The van der Waals surface area contributed by atoms with Gasteiger partial charge in [0.15, 0.2) is 5.96 Å². The third-order valence-electron chi connectivity index (χ3n) is 4.62. The number of methoxy groups -OCH3 is 1. The number of rotatable bonds is 4. The molecule has 0 spiro atoms. The summed E-state index contributed by atoms with van der Waals surface area (Å²) >= 11 is 0. The second-order valence-corrected chi connectivity index (χ2v) is 6.16. The Labute approximate surface area is 154 Å². The zero-order valence-electron chi connectivity index (χ0n) is 15.3. The number of hydrogen-bond donors (Lipinski definition) is 1. The third-order valence-corrected chi connectivity index (χ3v) is 4.62. The zero-order chi connectivity index (χ0) is 18.4. The van der Waals surface area contributed by atoms with Gasteiger partial charge in [-0.05, 0) is 30.3 Å². The minimum Gasteiger partial charge on any atom is -0.497 e. The van der Waals surface area contributed by atoms with E-state index in [0.29, 0.717) is 12.1 Å². The van der Waals surface area contributed by atoms with Crippen molar-refractivity contribution in [1.29, 1.82) is 0 Å². The van der Waals surface area contributed by atoms with Crippen LogP contribution < -0.4 is 15.0 Å². The molecule has 1 saturated heterocycles. The molecule has 1 N–H and O–H groups in total. The zero-order valence-corrected chi connectivity index (χ0v) is 15.3. The van der Waals surface area contributed by atoms with Gasteiger partial charge in [-0.1, -0.05) is 18.2 Å². The number of benzene rings is 2. The summed E-state index contributed by atoms with van der Waals surface area (Å²) < 4.78 is 19.0. The Bertz CT molecular complexity index is 740. The fourth-order valence-electron chi connectivity index (χ4n) is 3.12. The van der Waals surface area contributed by atoms with Crippen LogP contribution in [0.2, 0.25) is 0 Å². The molecular weight excluding hydrogens is 331 g/mol. The second-order valence-electron chi connectivity index (χ2n) is 6.16. The quantitative estimate of drug-likeness (QED) is 0.676. The average molecular weight is 356 g/mol. The normalized spacial score (nSPS) is 15.1. The molecule has 0 aliphatic carbocycles. The number of piperazine rings is 1. The van der Waals surface area contributed by atoms with Gasteiger partial charge in [0.25, 0.3) is 0 Å². The molecule has 2 aromatic carbocycles. The maximum atomic E-state index is 13.8. The summed E-state index contributed by atoms with van der Waals surface area (Å²) in [5.74, 6) is 1.48. The molecule has 26 heavy (non-hydrogen) atoms. The number of anilines is 1. The van der Waals surface area contributed by atoms with Gasteiger partial charge in [-0.2, -0.15) is 0 Å². The van der Waals surface area contributed by atoms with E-state index in [1.54, 1.807) is 26.3 Å². The lowest BCUT2D eigenvalue weighted by molar-refractivity contribution is 0.372. The van der Waals surface area contributed by atoms with Crippen LogP contribution in [0.3, 0.4) is 0 Å². The predicted octanol–water partition coefficient (Wildman–Crippen LogP) is 2.73. The number of halogens is 1. The summed E-state index contributed by atoms with van der Waals surface area (Å²) in [5, 5.41) is 3.27. The van der Waals surface area contributed by atoms with Crippen molar-refractivity contribution in [3.05, 3.63) is 59.9 Å². The molecule has 0 aromatic heterocycles. The van der Waals surface area contributed by atoms with E-state index in [9.17, 15) is 4.39 Å². The summed E-state index contributed by atoms with van der Waals surface area (Å²) in [6, 6.07) is 14.9. The number of nitrogens with zero attached hydrogens (tertiary/aromatic N) is 3. The van der Waals surface area contributed by atoms with Gasteiger partial charge in [-0.25, -0.2) is 4.39 Å². The number of hydrogen-bond acceptors (Lipinski definition) is 3. The molecule has 1 aliphatic heterocycles. The van der Waals surface area contributed by atoms with Crippen molar-refractivity contribution in [2.45, 2.75) is 6.54 Å². The molecule has 5 nitrogen and oxygen atoms in total. The van der Waals surface area contributed by atoms with Crippen LogP contribution in [0.5, 0.6) is 5.75 Å². The van der Waals surface area contributed by atoms with Gasteiger partial charge in [0, 0.05) is 51.0 Å². The van der Waals surface area contributed by atoms with E-state index in [2.05, 4.69) is 32.2 Å². The smallest absolute Gasteiger partial charge is 0.194 e. The molecule has 138 valence electrons. The maximum Gasteiger partial charge on any atom is 0.194 e. The molecule has 0 bridgehead atoms. The van der Waals surface area contributed by atoms with E-state index in [-0.39, 0.29) is 5.82 Å². The van der Waals surface area contributed by atoms with Crippen LogP contribution in [0, 0.1) is 5.82 Å². The van der Waals surface area contributed by atoms with Crippen molar-refractivity contribution < 1.29 is 9.13 Å². The number of guanidine groups is 1. The topological polar surface area (TPSA) is 40.1 Å². The molecule has 0 saturated carbocycles. The van der Waals surface area contributed by atoms with Gasteiger partial charge in [-0.15, -0.1) is 0 Å². The Morgan fingerprint density at radius 3 is 2.38 bits per heavy atom. The molecule has 2 aromatic rings. The molecular formula is C20H25FN4O. The van der Waals surface area contributed by atoms with Crippen LogP contribution in [-0.4, -0.2) is 51.2 Å². The largest absolute Gasteiger partial charge is 0.497 e. The van der Waals surface area contributed by atoms with Crippen molar-refractivity contribution in [2.75, 3.05) is 45.2 Å². The van der Waals surface area contributed by atoms with Crippen LogP contribution in [0.15, 0.2) is 53.5 Å². The highest BCUT2D eigenvalue weighted by Gasteiger charge is 2.20. The monoisotopic (exact) mass is 356 g/mol. The lowest BCUT2D eigenvalue weighted by Gasteiger charge is -2.37.